The molecule has 0 radical (unpaired) electrons. The highest BCUT2D eigenvalue weighted by Gasteiger charge is 2.11. The van der Waals surface area contributed by atoms with Gasteiger partial charge in [-0.2, -0.15) is 5.26 Å². The summed E-state index contributed by atoms with van der Waals surface area (Å²) in [5.74, 6) is 0.127. The molecule has 4 nitrogen and oxygen atoms in total. The first-order chi connectivity index (χ1) is 11.9. The molecule has 2 rings (SSSR count). The molecule has 0 unspecified atom stereocenters. The van der Waals surface area contributed by atoms with Gasteiger partial charge < -0.3 is 9.47 Å². The average Bonchev–Trinajstić information content (AvgIpc) is 2.61. The van der Waals surface area contributed by atoms with Crippen LogP contribution in [0.2, 0.25) is 0 Å². The van der Waals surface area contributed by atoms with Gasteiger partial charge in [-0.1, -0.05) is 22.0 Å². The maximum Gasteiger partial charge on any atom is 0.348 e. The number of hydrogen-bond donors (Lipinski definition) is 0. The Morgan fingerprint density at radius 2 is 1.88 bits per heavy atom. The van der Waals surface area contributed by atoms with Gasteiger partial charge in [-0.25, -0.2) is 4.79 Å². The minimum Gasteiger partial charge on any atom is -0.489 e. The number of aryl methyl sites for hydroxylation is 2. The Kier molecular flexibility index (Phi) is 6.37. The number of nitrogens with zero attached hydrogens (tertiary/aromatic N) is 1. The van der Waals surface area contributed by atoms with E-state index in [1.165, 1.54) is 7.11 Å². The topological polar surface area (TPSA) is 59.3 Å². The molecular weight excluding hydrogens is 382 g/mol. The second-order valence-corrected chi connectivity index (χ2v) is 6.45. The highest BCUT2D eigenvalue weighted by atomic mass is 79.9. The summed E-state index contributed by atoms with van der Waals surface area (Å²) in [5, 5.41) is 9.13. The van der Waals surface area contributed by atoms with Gasteiger partial charge >= 0.3 is 5.97 Å². The van der Waals surface area contributed by atoms with Gasteiger partial charge in [0, 0.05) is 4.47 Å². The van der Waals surface area contributed by atoms with Gasteiger partial charge in [0.05, 0.1) is 7.11 Å². The Morgan fingerprint density at radius 3 is 2.48 bits per heavy atom. The maximum absolute atomic E-state index is 11.6. The van der Waals surface area contributed by atoms with Gasteiger partial charge in [0.15, 0.2) is 0 Å². The van der Waals surface area contributed by atoms with E-state index in [-0.39, 0.29) is 5.57 Å². The number of nitriles is 1. The molecular formula is C20H18BrNO3. The highest BCUT2D eigenvalue weighted by molar-refractivity contribution is 9.10. The van der Waals surface area contributed by atoms with Crippen molar-refractivity contribution in [2.45, 2.75) is 20.5 Å². The summed E-state index contributed by atoms with van der Waals surface area (Å²) in [4.78, 5) is 11.6. The molecule has 0 amide bonds. The number of ether oxygens (including phenoxy) is 2. The van der Waals surface area contributed by atoms with Crippen molar-refractivity contribution in [2.75, 3.05) is 7.11 Å². The molecule has 2 aromatic rings. The predicted molar refractivity (Wildman–Crippen MR) is 100.0 cm³/mol. The van der Waals surface area contributed by atoms with Crippen molar-refractivity contribution in [1.29, 1.82) is 5.26 Å². The smallest absolute Gasteiger partial charge is 0.348 e. The first-order valence-corrected chi connectivity index (χ1v) is 8.42. The van der Waals surface area contributed by atoms with Crippen LogP contribution in [-0.4, -0.2) is 13.1 Å². The first kappa shape index (κ1) is 18.8. The summed E-state index contributed by atoms with van der Waals surface area (Å²) in [6, 6.07) is 13.4. The lowest BCUT2D eigenvalue weighted by atomic mass is 9.98. The molecule has 0 saturated carbocycles. The second kappa shape index (κ2) is 8.50. The van der Waals surface area contributed by atoms with Crippen LogP contribution in [0.25, 0.3) is 6.08 Å². The van der Waals surface area contributed by atoms with Crippen LogP contribution in [0.3, 0.4) is 0 Å². The van der Waals surface area contributed by atoms with Crippen molar-refractivity contribution >= 4 is 28.0 Å². The third-order valence-corrected chi connectivity index (χ3v) is 4.29. The molecule has 0 aromatic heterocycles. The maximum atomic E-state index is 11.6. The fourth-order valence-electron chi connectivity index (χ4n) is 2.32. The van der Waals surface area contributed by atoms with E-state index in [2.05, 4.69) is 20.7 Å². The summed E-state index contributed by atoms with van der Waals surface area (Å²) in [6.07, 6.45) is 1.55. The van der Waals surface area contributed by atoms with E-state index in [1.54, 1.807) is 6.08 Å². The molecule has 0 aliphatic carbocycles. The van der Waals surface area contributed by atoms with Crippen molar-refractivity contribution in [3.8, 4) is 11.8 Å². The lowest BCUT2D eigenvalue weighted by molar-refractivity contribution is -0.135. The first-order valence-electron chi connectivity index (χ1n) is 7.63. The number of rotatable bonds is 5. The zero-order chi connectivity index (χ0) is 18.4. The Balaban J connectivity index is 2.28. The Hall–Kier alpha value is -2.58. The summed E-state index contributed by atoms with van der Waals surface area (Å²) in [6.45, 7) is 4.34. The highest BCUT2D eigenvalue weighted by Crippen LogP contribution is 2.22. The van der Waals surface area contributed by atoms with E-state index in [9.17, 15) is 4.79 Å². The molecule has 0 N–H and O–H groups in total. The van der Waals surface area contributed by atoms with E-state index in [4.69, 9.17) is 10.00 Å². The molecule has 0 aliphatic heterocycles. The van der Waals surface area contributed by atoms with Crippen molar-refractivity contribution < 1.29 is 14.3 Å². The van der Waals surface area contributed by atoms with E-state index in [1.807, 2.05) is 56.3 Å². The number of esters is 1. The fraction of sp³-hybridized carbons (Fsp3) is 0.200. The average molecular weight is 400 g/mol. The van der Waals surface area contributed by atoms with Gasteiger partial charge in [-0.05, 0) is 72.5 Å². The molecule has 25 heavy (non-hydrogen) atoms. The van der Waals surface area contributed by atoms with Crippen LogP contribution in [0.15, 0.2) is 46.4 Å². The normalized spacial score (nSPS) is 10.9. The van der Waals surface area contributed by atoms with Gasteiger partial charge in [0.2, 0.25) is 0 Å². The Morgan fingerprint density at radius 1 is 1.20 bits per heavy atom. The number of benzene rings is 2. The third-order valence-electron chi connectivity index (χ3n) is 3.76. The van der Waals surface area contributed by atoms with Crippen molar-refractivity contribution in [1.82, 2.24) is 0 Å². The molecule has 0 atom stereocenters. The summed E-state index contributed by atoms with van der Waals surface area (Å²) < 4.78 is 11.4. The monoisotopic (exact) mass is 399 g/mol. The third kappa shape index (κ3) is 4.94. The van der Waals surface area contributed by atoms with Crippen LogP contribution in [0.4, 0.5) is 0 Å². The van der Waals surface area contributed by atoms with Crippen LogP contribution in [-0.2, 0) is 16.1 Å². The minimum atomic E-state index is -0.643. The van der Waals surface area contributed by atoms with Gasteiger partial charge in [0.1, 0.15) is 24.0 Å². The molecule has 0 aliphatic rings. The summed E-state index contributed by atoms with van der Waals surface area (Å²) in [5.41, 5.74) is 3.81. The zero-order valence-electron chi connectivity index (χ0n) is 14.3. The molecule has 0 heterocycles. The summed E-state index contributed by atoms with van der Waals surface area (Å²) >= 11 is 3.39. The molecule has 0 bridgehead atoms. The van der Waals surface area contributed by atoms with E-state index < -0.39 is 5.97 Å². The van der Waals surface area contributed by atoms with Gasteiger partial charge in [0.25, 0.3) is 0 Å². The fourth-order valence-corrected chi connectivity index (χ4v) is 2.59. The van der Waals surface area contributed by atoms with Gasteiger partial charge in [-0.3, -0.25) is 0 Å². The SMILES string of the molecule is COC(=O)/C(C#N)=C/c1cc(COc2ccc(Br)cc2)c(C)cc1C. The number of carbonyl (C=O) groups excluding carboxylic acids is 1. The Labute approximate surface area is 155 Å². The summed E-state index contributed by atoms with van der Waals surface area (Å²) in [7, 11) is 1.26. The van der Waals surface area contributed by atoms with Crippen molar-refractivity contribution in [2.24, 2.45) is 0 Å². The van der Waals surface area contributed by atoms with E-state index in [0.717, 1.165) is 32.5 Å². The lowest BCUT2D eigenvalue weighted by Crippen LogP contribution is -2.04. The standard InChI is InChI=1S/C20H18BrNO3/c1-13-8-14(2)17(12-25-19-6-4-18(21)5-7-19)10-15(13)9-16(11-22)20(23)24-3/h4-10H,12H2,1-3H3/b16-9+. The number of carbonyl (C=O) groups is 1. The quantitative estimate of drug-likeness (QED) is 0.414. The zero-order valence-corrected chi connectivity index (χ0v) is 15.9. The molecule has 2 aromatic carbocycles. The van der Waals surface area contributed by atoms with E-state index >= 15 is 0 Å². The molecule has 0 fully saturated rings. The van der Waals surface area contributed by atoms with Crippen LogP contribution >= 0.6 is 15.9 Å². The van der Waals surface area contributed by atoms with Gasteiger partial charge in [-0.15, -0.1) is 0 Å². The number of methoxy groups -OCH3 is 1. The van der Waals surface area contributed by atoms with Crippen LogP contribution in [0.1, 0.15) is 22.3 Å². The molecule has 0 spiro atoms. The van der Waals surface area contributed by atoms with Crippen LogP contribution in [0, 0.1) is 25.2 Å². The second-order valence-electron chi connectivity index (χ2n) is 5.54. The minimum absolute atomic E-state index is 0.0331. The van der Waals surface area contributed by atoms with E-state index in [0.29, 0.717) is 6.61 Å². The molecule has 0 saturated heterocycles. The lowest BCUT2D eigenvalue weighted by Gasteiger charge is -2.12. The van der Waals surface area contributed by atoms with Crippen molar-refractivity contribution in [3.05, 3.63) is 68.7 Å². The van der Waals surface area contributed by atoms with Crippen molar-refractivity contribution in [3.63, 3.8) is 0 Å². The Bertz CT molecular complexity index is 848. The molecule has 5 heteroatoms. The predicted octanol–water partition coefficient (Wildman–Crippen LogP) is 4.72. The largest absolute Gasteiger partial charge is 0.489 e. The van der Waals surface area contributed by atoms with Crippen LogP contribution < -0.4 is 4.74 Å². The number of hydrogen-bond acceptors (Lipinski definition) is 4. The van der Waals surface area contributed by atoms with Crippen LogP contribution in [0.5, 0.6) is 5.75 Å². The number of halogens is 1. The molecule has 128 valence electrons.